The average Bonchev–Trinajstić information content (AvgIpc) is 3.37. The Balaban J connectivity index is 1.65. The summed E-state index contributed by atoms with van der Waals surface area (Å²) < 4.78 is 11.3. The molecule has 1 amide bonds. The number of amides is 1. The number of carbonyl (C=O) groups excluding carboxylic acids is 2. The molecule has 36 heavy (non-hydrogen) atoms. The first-order chi connectivity index (χ1) is 17.4. The van der Waals surface area contributed by atoms with E-state index in [1.54, 1.807) is 37.3 Å². The van der Waals surface area contributed by atoms with Crippen LogP contribution in [0.3, 0.4) is 0 Å². The Morgan fingerprint density at radius 2 is 1.86 bits per heavy atom. The summed E-state index contributed by atoms with van der Waals surface area (Å²) >= 11 is 0. The molecule has 7 nitrogen and oxygen atoms in total. The Morgan fingerprint density at radius 3 is 2.61 bits per heavy atom. The van der Waals surface area contributed by atoms with E-state index in [4.69, 9.17) is 9.47 Å². The summed E-state index contributed by atoms with van der Waals surface area (Å²) in [5.41, 5.74) is 2.77. The highest BCUT2D eigenvalue weighted by Gasteiger charge is 2.46. The number of hydrogen-bond donors (Lipinski definition) is 2. The van der Waals surface area contributed by atoms with Crippen LogP contribution in [0, 0.1) is 0 Å². The van der Waals surface area contributed by atoms with Crippen LogP contribution < -0.4 is 9.47 Å². The van der Waals surface area contributed by atoms with Crippen molar-refractivity contribution in [3.8, 4) is 17.2 Å². The van der Waals surface area contributed by atoms with Gasteiger partial charge in [0, 0.05) is 18.5 Å². The Bertz CT molecular complexity index is 1360. The van der Waals surface area contributed by atoms with Crippen LogP contribution in [0.1, 0.15) is 42.1 Å². The Morgan fingerprint density at radius 1 is 1.08 bits per heavy atom. The SMILES string of the molecule is CCOc1cc([C@H]2C(=C(O)c3ccc4c(c3)C[C@H](C)O4)C(=O)C(=O)N2Cc2ccccc2)ccc1O. The summed E-state index contributed by atoms with van der Waals surface area (Å²) in [6.45, 7) is 4.27. The topological polar surface area (TPSA) is 96.3 Å². The molecule has 0 radical (unpaired) electrons. The highest BCUT2D eigenvalue weighted by molar-refractivity contribution is 6.46. The van der Waals surface area contributed by atoms with Crippen LogP contribution >= 0.6 is 0 Å². The van der Waals surface area contributed by atoms with Gasteiger partial charge >= 0.3 is 0 Å². The Kier molecular flexibility index (Phi) is 6.14. The van der Waals surface area contributed by atoms with Gasteiger partial charge in [-0.2, -0.15) is 0 Å². The first-order valence-corrected chi connectivity index (χ1v) is 12.0. The summed E-state index contributed by atoms with van der Waals surface area (Å²) in [5, 5.41) is 21.6. The molecule has 0 spiro atoms. The van der Waals surface area contributed by atoms with Gasteiger partial charge < -0.3 is 24.6 Å². The van der Waals surface area contributed by atoms with Crippen molar-refractivity contribution < 1.29 is 29.3 Å². The number of Topliss-reactive ketones (excluding diaryl/α,β-unsaturated/α-hetero) is 1. The summed E-state index contributed by atoms with van der Waals surface area (Å²) in [4.78, 5) is 28.1. The number of phenolic OH excluding ortho intramolecular Hbond substituents is 1. The normalized spacial score (nSPS) is 20.3. The van der Waals surface area contributed by atoms with Crippen LogP contribution in [0.4, 0.5) is 0 Å². The third-order valence-corrected chi connectivity index (χ3v) is 6.50. The molecule has 3 aromatic carbocycles. The number of rotatable bonds is 6. The number of hydrogen-bond acceptors (Lipinski definition) is 6. The molecule has 0 aliphatic carbocycles. The maximum atomic E-state index is 13.4. The molecule has 0 unspecified atom stereocenters. The lowest BCUT2D eigenvalue weighted by Gasteiger charge is -2.26. The van der Waals surface area contributed by atoms with Crippen molar-refractivity contribution in [3.05, 3.63) is 94.6 Å². The van der Waals surface area contributed by atoms with Crippen LogP contribution in [0.15, 0.2) is 72.3 Å². The number of nitrogens with zero attached hydrogens (tertiary/aromatic N) is 1. The minimum absolute atomic E-state index is 0.00372. The van der Waals surface area contributed by atoms with Crippen LogP contribution in [-0.2, 0) is 22.6 Å². The number of ketones is 1. The van der Waals surface area contributed by atoms with E-state index in [9.17, 15) is 19.8 Å². The number of phenols is 1. The molecule has 7 heteroatoms. The van der Waals surface area contributed by atoms with E-state index < -0.39 is 17.7 Å². The fourth-order valence-corrected chi connectivity index (χ4v) is 4.87. The van der Waals surface area contributed by atoms with E-state index in [-0.39, 0.29) is 35.5 Å². The molecule has 1 fully saturated rings. The lowest BCUT2D eigenvalue weighted by atomic mass is 9.94. The third-order valence-electron chi connectivity index (χ3n) is 6.50. The first kappa shape index (κ1) is 23.5. The molecule has 0 aromatic heterocycles. The second-order valence-corrected chi connectivity index (χ2v) is 9.03. The van der Waals surface area contributed by atoms with Gasteiger partial charge in [0.25, 0.3) is 11.7 Å². The van der Waals surface area contributed by atoms with E-state index in [2.05, 4.69) is 0 Å². The van der Waals surface area contributed by atoms with Crippen molar-refractivity contribution in [2.24, 2.45) is 0 Å². The van der Waals surface area contributed by atoms with Gasteiger partial charge in [-0.3, -0.25) is 9.59 Å². The van der Waals surface area contributed by atoms with Crippen LogP contribution in [-0.4, -0.2) is 39.5 Å². The van der Waals surface area contributed by atoms with E-state index in [0.717, 1.165) is 16.9 Å². The lowest BCUT2D eigenvalue weighted by molar-refractivity contribution is -0.140. The van der Waals surface area contributed by atoms with Gasteiger partial charge in [0.15, 0.2) is 11.5 Å². The molecule has 3 aromatic rings. The zero-order chi connectivity index (χ0) is 25.4. The summed E-state index contributed by atoms with van der Waals surface area (Å²) in [6.07, 6.45) is 0.723. The number of aliphatic hydroxyl groups is 1. The molecule has 5 rings (SSSR count). The van der Waals surface area contributed by atoms with Gasteiger partial charge in [-0.05, 0) is 60.9 Å². The molecule has 2 N–H and O–H groups in total. The predicted octanol–water partition coefficient (Wildman–Crippen LogP) is 4.74. The zero-order valence-electron chi connectivity index (χ0n) is 20.1. The predicted molar refractivity (Wildman–Crippen MR) is 134 cm³/mol. The summed E-state index contributed by atoms with van der Waals surface area (Å²) in [6, 6.07) is 18.5. The van der Waals surface area contributed by atoms with Crippen molar-refractivity contribution in [2.45, 2.75) is 39.0 Å². The molecule has 0 saturated carbocycles. The van der Waals surface area contributed by atoms with E-state index in [1.165, 1.54) is 11.0 Å². The van der Waals surface area contributed by atoms with Gasteiger partial charge in [-0.1, -0.05) is 36.4 Å². The van der Waals surface area contributed by atoms with E-state index in [1.807, 2.05) is 37.3 Å². The van der Waals surface area contributed by atoms with E-state index >= 15 is 0 Å². The minimum atomic E-state index is -0.867. The monoisotopic (exact) mass is 485 g/mol. The number of aromatic hydroxyl groups is 1. The first-order valence-electron chi connectivity index (χ1n) is 12.0. The number of likely N-dealkylation sites (tertiary alicyclic amines) is 1. The molecule has 184 valence electrons. The number of aliphatic hydroxyl groups excluding tert-OH is 1. The highest BCUT2D eigenvalue weighted by Crippen LogP contribution is 2.43. The maximum Gasteiger partial charge on any atom is 0.295 e. The number of fused-ring (bicyclic) bond motifs is 1. The van der Waals surface area contributed by atoms with Crippen LogP contribution in [0.5, 0.6) is 17.2 Å². The quantitative estimate of drug-likeness (QED) is 0.298. The second-order valence-electron chi connectivity index (χ2n) is 9.03. The summed E-state index contributed by atoms with van der Waals surface area (Å²) in [5.74, 6) is -0.765. The molecule has 2 aliphatic heterocycles. The smallest absolute Gasteiger partial charge is 0.295 e. The van der Waals surface area contributed by atoms with Crippen molar-refractivity contribution in [3.63, 3.8) is 0 Å². The maximum absolute atomic E-state index is 13.4. The second kappa shape index (κ2) is 9.41. The van der Waals surface area contributed by atoms with Gasteiger partial charge in [-0.15, -0.1) is 0 Å². The average molecular weight is 486 g/mol. The molecule has 1 saturated heterocycles. The fourth-order valence-electron chi connectivity index (χ4n) is 4.87. The zero-order valence-corrected chi connectivity index (χ0v) is 20.1. The standard InChI is InChI=1S/C29H27NO6/c1-3-35-24-15-19(9-11-22(24)31)26-25(27(32)20-10-12-23-21(14-20)13-17(2)36-23)28(33)29(34)30(26)16-18-7-5-4-6-8-18/h4-12,14-15,17,26,31-32H,3,13,16H2,1-2H3/t17-,26-/m0/s1. The van der Waals surface area contributed by atoms with Gasteiger partial charge in [0.05, 0.1) is 18.2 Å². The van der Waals surface area contributed by atoms with Crippen LogP contribution in [0.2, 0.25) is 0 Å². The number of carbonyl (C=O) groups is 2. The molecule has 0 bridgehead atoms. The van der Waals surface area contributed by atoms with Crippen LogP contribution in [0.25, 0.3) is 5.76 Å². The van der Waals surface area contributed by atoms with Crippen molar-refractivity contribution >= 4 is 17.4 Å². The van der Waals surface area contributed by atoms with Crippen molar-refractivity contribution in [2.75, 3.05) is 6.61 Å². The Hall–Kier alpha value is -4.26. The third kappa shape index (κ3) is 4.17. The lowest BCUT2D eigenvalue weighted by Crippen LogP contribution is -2.29. The van der Waals surface area contributed by atoms with Crippen molar-refractivity contribution in [1.82, 2.24) is 4.90 Å². The number of ether oxygens (including phenoxy) is 2. The van der Waals surface area contributed by atoms with Crippen molar-refractivity contribution in [1.29, 1.82) is 0 Å². The fraction of sp³-hybridized carbons (Fsp3) is 0.241. The van der Waals surface area contributed by atoms with Gasteiger partial charge in [0.1, 0.15) is 17.6 Å². The largest absolute Gasteiger partial charge is 0.507 e. The Labute approximate surface area is 209 Å². The molecule has 2 atom stereocenters. The van der Waals surface area contributed by atoms with Gasteiger partial charge in [-0.25, -0.2) is 0 Å². The minimum Gasteiger partial charge on any atom is -0.507 e. The van der Waals surface area contributed by atoms with Gasteiger partial charge in [0.2, 0.25) is 0 Å². The molecular formula is C29H27NO6. The molecular weight excluding hydrogens is 458 g/mol. The number of benzene rings is 3. The van der Waals surface area contributed by atoms with E-state index in [0.29, 0.717) is 24.2 Å². The summed E-state index contributed by atoms with van der Waals surface area (Å²) in [7, 11) is 0. The highest BCUT2D eigenvalue weighted by atomic mass is 16.5. The molecule has 2 heterocycles. The molecule has 2 aliphatic rings.